The fourth-order valence-electron chi connectivity index (χ4n) is 4.60. The summed E-state index contributed by atoms with van der Waals surface area (Å²) >= 11 is 6.03. The van der Waals surface area contributed by atoms with Gasteiger partial charge in [0.2, 0.25) is 5.95 Å². The van der Waals surface area contributed by atoms with Crippen molar-refractivity contribution >= 4 is 34.6 Å². The number of fused-ring (bicyclic) bond motifs is 1. The Labute approximate surface area is 220 Å². The number of anilines is 1. The fraction of sp³-hybridized carbons (Fsp3) is 0.259. The van der Waals surface area contributed by atoms with Crippen molar-refractivity contribution in [3.05, 3.63) is 76.6 Å². The van der Waals surface area contributed by atoms with E-state index in [0.29, 0.717) is 35.6 Å². The van der Waals surface area contributed by atoms with Crippen molar-refractivity contribution in [1.82, 2.24) is 14.9 Å². The van der Waals surface area contributed by atoms with Crippen LogP contribution in [0.4, 0.5) is 23.5 Å². The van der Waals surface area contributed by atoms with Gasteiger partial charge in [0.05, 0.1) is 22.6 Å². The highest BCUT2D eigenvalue weighted by atomic mass is 35.5. The molecular weight excluding hydrogens is 524 g/mol. The van der Waals surface area contributed by atoms with Crippen molar-refractivity contribution in [3.8, 4) is 16.9 Å². The van der Waals surface area contributed by atoms with E-state index in [1.807, 2.05) is 23.6 Å². The van der Waals surface area contributed by atoms with Gasteiger partial charge in [0, 0.05) is 26.2 Å². The van der Waals surface area contributed by atoms with Gasteiger partial charge < -0.3 is 19.5 Å². The number of esters is 1. The van der Waals surface area contributed by atoms with Crippen molar-refractivity contribution in [3.63, 3.8) is 0 Å². The predicted octanol–water partition coefficient (Wildman–Crippen LogP) is 5.73. The average Bonchev–Trinajstić information content (AvgIpc) is 3.25. The van der Waals surface area contributed by atoms with E-state index < -0.39 is 18.0 Å². The second-order valence-corrected chi connectivity index (χ2v) is 9.40. The number of nitrogens with zero attached hydrogens (tertiary/aromatic N) is 3. The first-order valence-corrected chi connectivity index (χ1v) is 12.3. The SMILES string of the molecule is Cc1ccccc1-c1c(OC(=O)C(F)(F)F)ccc2c1nc(N1CCNCC1)n2Cc1ccc(F)c(Cl)c1. The number of imidazole rings is 1. The van der Waals surface area contributed by atoms with Crippen LogP contribution in [-0.4, -0.2) is 47.9 Å². The molecule has 0 amide bonds. The molecule has 2 heterocycles. The summed E-state index contributed by atoms with van der Waals surface area (Å²) in [5, 5.41) is 3.27. The molecule has 1 fully saturated rings. The number of benzene rings is 3. The normalized spacial score (nSPS) is 14.2. The van der Waals surface area contributed by atoms with Crippen LogP contribution in [0, 0.1) is 12.7 Å². The number of ether oxygens (including phenoxy) is 1. The number of nitrogens with one attached hydrogen (secondary N) is 1. The number of alkyl halides is 3. The molecule has 0 aliphatic carbocycles. The van der Waals surface area contributed by atoms with E-state index in [1.165, 1.54) is 18.2 Å². The Balaban J connectivity index is 1.74. The maximum atomic E-state index is 13.8. The maximum absolute atomic E-state index is 13.8. The summed E-state index contributed by atoms with van der Waals surface area (Å²) in [4.78, 5) is 18.8. The Morgan fingerprint density at radius 1 is 1.11 bits per heavy atom. The number of carbonyl (C=O) groups is 1. The third-order valence-corrected chi connectivity index (χ3v) is 6.73. The van der Waals surface area contributed by atoms with Crippen LogP contribution in [0.25, 0.3) is 22.2 Å². The first kappa shape index (κ1) is 26.0. The Morgan fingerprint density at radius 2 is 1.84 bits per heavy atom. The molecule has 0 bridgehead atoms. The van der Waals surface area contributed by atoms with Crippen molar-refractivity contribution in [2.24, 2.45) is 0 Å². The minimum absolute atomic E-state index is 0.0161. The van der Waals surface area contributed by atoms with Crippen LogP contribution in [0.1, 0.15) is 11.1 Å². The topological polar surface area (TPSA) is 59.4 Å². The van der Waals surface area contributed by atoms with E-state index >= 15 is 0 Å². The second kappa shape index (κ2) is 10.3. The number of hydrogen-bond acceptors (Lipinski definition) is 5. The highest BCUT2D eigenvalue weighted by Crippen LogP contribution is 2.41. The zero-order valence-corrected chi connectivity index (χ0v) is 21.0. The Hall–Kier alpha value is -3.63. The minimum Gasteiger partial charge on any atom is -0.419 e. The third kappa shape index (κ3) is 5.06. The van der Waals surface area contributed by atoms with Crippen molar-refractivity contribution in [2.45, 2.75) is 19.6 Å². The van der Waals surface area contributed by atoms with E-state index in [1.54, 1.807) is 24.3 Å². The lowest BCUT2D eigenvalue weighted by Crippen LogP contribution is -2.44. The number of aromatic nitrogens is 2. The van der Waals surface area contributed by atoms with Gasteiger partial charge in [-0.15, -0.1) is 0 Å². The molecule has 38 heavy (non-hydrogen) atoms. The summed E-state index contributed by atoms with van der Waals surface area (Å²) in [5.41, 5.74) is 3.36. The molecule has 1 aliphatic heterocycles. The maximum Gasteiger partial charge on any atom is 0.491 e. The van der Waals surface area contributed by atoms with E-state index in [-0.39, 0.29) is 22.9 Å². The molecule has 1 N–H and O–H groups in total. The summed E-state index contributed by atoms with van der Waals surface area (Å²) in [6, 6.07) is 14.5. The molecule has 0 unspecified atom stereocenters. The lowest BCUT2D eigenvalue weighted by molar-refractivity contribution is -0.189. The van der Waals surface area contributed by atoms with Gasteiger partial charge in [-0.3, -0.25) is 0 Å². The molecule has 0 saturated carbocycles. The quantitative estimate of drug-likeness (QED) is 0.197. The zero-order chi connectivity index (χ0) is 27.0. The van der Waals surface area contributed by atoms with E-state index in [4.69, 9.17) is 21.3 Å². The number of piperazine rings is 1. The highest BCUT2D eigenvalue weighted by Gasteiger charge is 2.42. The first-order valence-electron chi connectivity index (χ1n) is 11.9. The molecule has 198 valence electrons. The zero-order valence-electron chi connectivity index (χ0n) is 20.3. The predicted molar refractivity (Wildman–Crippen MR) is 137 cm³/mol. The van der Waals surface area contributed by atoms with E-state index in [2.05, 4.69) is 10.2 Å². The van der Waals surface area contributed by atoms with Crippen molar-refractivity contribution < 1.29 is 27.1 Å². The fourth-order valence-corrected chi connectivity index (χ4v) is 4.80. The van der Waals surface area contributed by atoms with Gasteiger partial charge in [0.1, 0.15) is 17.1 Å². The molecular formula is C27H23ClF4N4O2. The molecule has 4 aromatic rings. The number of aryl methyl sites for hydroxylation is 1. The summed E-state index contributed by atoms with van der Waals surface area (Å²) in [6.07, 6.45) is -5.16. The van der Waals surface area contributed by atoms with Crippen molar-refractivity contribution in [2.75, 3.05) is 31.1 Å². The minimum atomic E-state index is -5.16. The smallest absolute Gasteiger partial charge is 0.419 e. The second-order valence-electron chi connectivity index (χ2n) is 8.99. The molecule has 6 nitrogen and oxygen atoms in total. The van der Waals surface area contributed by atoms with Crippen LogP contribution in [0.3, 0.4) is 0 Å². The Bertz CT molecular complexity index is 1510. The Morgan fingerprint density at radius 3 is 2.53 bits per heavy atom. The van der Waals surface area contributed by atoms with Gasteiger partial charge >= 0.3 is 12.1 Å². The number of carbonyl (C=O) groups excluding carboxylic acids is 1. The van der Waals surface area contributed by atoms with Gasteiger partial charge in [-0.25, -0.2) is 14.2 Å². The standard InChI is InChI=1S/C27H23ClF4N4O2/c1-16-4-2-3-5-18(16)23-22(38-25(37)27(30,31)32)9-8-21-24(23)34-26(35-12-10-33-11-13-35)36(21)15-17-6-7-20(29)19(28)14-17/h2-9,14,33H,10-13,15H2,1H3. The number of hydrogen-bond donors (Lipinski definition) is 1. The van der Waals surface area contributed by atoms with E-state index in [0.717, 1.165) is 24.2 Å². The van der Waals surface area contributed by atoms with Crippen LogP contribution in [-0.2, 0) is 11.3 Å². The van der Waals surface area contributed by atoms with Crippen LogP contribution in [0.5, 0.6) is 5.75 Å². The number of halogens is 5. The number of rotatable bonds is 5. The lowest BCUT2D eigenvalue weighted by atomic mass is 9.98. The van der Waals surface area contributed by atoms with Crippen LogP contribution >= 0.6 is 11.6 Å². The average molecular weight is 547 g/mol. The molecule has 0 radical (unpaired) electrons. The molecule has 3 aromatic carbocycles. The van der Waals surface area contributed by atoms with Gasteiger partial charge in [-0.05, 0) is 47.9 Å². The molecule has 1 saturated heterocycles. The molecule has 5 rings (SSSR count). The van der Waals surface area contributed by atoms with E-state index in [9.17, 15) is 22.4 Å². The summed E-state index contributed by atoms with van der Waals surface area (Å²) < 4.78 is 60.0. The largest absolute Gasteiger partial charge is 0.491 e. The summed E-state index contributed by atoms with van der Waals surface area (Å²) in [5.74, 6) is -2.49. The monoisotopic (exact) mass is 546 g/mol. The summed E-state index contributed by atoms with van der Waals surface area (Å²) in [6.45, 7) is 4.87. The van der Waals surface area contributed by atoms with Crippen LogP contribution < -0.4 is 15.0 Å². The van der Waals surface area contributed by atoms with Gasteiger partial charge in [-0.1, -0.05) is 41.9 Å². The van der Waals surface area contributed by atoms with Gasteiger partial charge in [0.25, 0.3) is 0 Å². The highest BCUT2D eigenvalue weighted by molar-refractivity contribution is 6.30. The molecule has 11 heteroatoms. The molecule has 0 atom stereocenters. The van der Waals surface area contributed by atoms with Crippen LogP contribution in [0.15, 0.2) is 54.6 Å². The molecule has 0 spiro atoms. The summed E-state index contributed by atoms with van der Waals surface area (Å²) in [7, 11) is 0. The first-order chi connectivity index (χ1) is 18.1. The molecule has 1 aromatic heterocycles. The molecule has 1 aliphatic rings. The van der Waals surface area contributed by atoms with Crippen molar-refractivity contribution in [1.29, 1.82) is 0 Å². The van der Waals surface area contributed by atoms with Gasteiger partial charge in [0.15, 0.2) is 0 Å². The van der Waals surface area contributed by atoms with Crippen LogP contribution in [0.2, 0.25) is 5.02 Å². The third-order valence-electron chi connectivity index (χ3n) is 6.44. The van der Waals surface area contributed by atoms with Gasteiger partial charge in [-0.2, -0.15) is 13.2 Å². The lowest BCUT2D eigenvalue weighted by Gasteiger charge is -2.29. The Kier molecular flexibility index (Phi) is 7.02.